The van der Waals surface area contributed by atoms with Crippen LogP contribution in [0.2, 0.25) is 0 Å². The van der Waals surface area contributed by atoms with Gasteiger partial charge in [-0.25, -0.2) is 9.37 Å². The molecule has 3 rings (SSSR count). The summed E-state index contributed by atoms with van der Waals surface area (Å²) in [6.07, 6.45) is 0. The molecule has 1 atom stereocenters. The molecule has 1 aliphatic rings. The van der Waals surface area contributed by atoms with Crippen molar-refractivity contribution in [2.45, 2.75) is 19.2 Å². The highest BCUT2D eigenvalue weighted by atomic mass is 19.1. The largest absolute Gasteiger partial charge is 0.391 e. The number of amides is 1. The molecule has 2 aromatic rings. The summed E-state index contributed by atoms with van der Waals surface area (Å²) in [5, 5.41) is 12.1. The lowest BCUT2D eigenvalue weighted by Crippen LogP contribution is -2.39. The average Bonchev–Trinajstić information content (AvgIpc) is 2.67. The maximum atomic E-state index is 13.0. The number of nitrogens with zero attached hydrogens (tertiary/aromatic N) is 2. The summed E-state index contributed by atoms with van der Waals surface area (Å²) >= 11 is 0. The smallest absolute Gasteiger partial charge is 0.270 e. The van der Waals surface area contributed by atoms with Crippen molar-refractivity contribution < 1.29 is 19.0 Å². The van der Waals surface area contributed by atoms with Gasteiger partial charge in [-0.15, -0.1) is 0 Å². The molecule has 1 saturated heterocycles. The van der Waals surface area contributed by atoms with Gasteiger partial charge in [0, 0.05) is 13.1 Å². The summed E-state index contributed by atoms with van der Waals surface area (Å²) in [7, 11) is 1.88. The van der Waals surface area contributed by atoms with Crippen molar-refractivity contribution in [3.05, 3.63) is 63.1 Å². The number of morpholine rings is 1. The van der Waals surface area contributed by atoms with Crippen LogP contribution in [-0.4, -0.2) is 52.7 Å². The lowest BCUT2D eigenvalue weighted by molar-refractivity contribution is 0.00162. The van der Waals surface area contributed by atoms with Gasteiger partial charge in [-0.2, -0.15) is 0 Å². The number of benzene rings is 1. The van der Waals surface area contributed by atoms with Gasteiger partial charge < -0.3 is 20.1 Å². The van der Waals surface area contributed by atoms with Crippen molar-refractivity contribution in [2.75, 3.05) is 26.8 Å². The number of H-pyrrole nitrogens is 1. The second-order valence-electron chi connectivity index (χ2n) is 6.32. The van der Waals surface area contributed by atoms with E-state index in [0.717, 1.165) is 0 Å². The minimum Gasteiger partial charge on any atom is -0.391 e. The van der Waals surface area contributed by atoms with Gasteiger partial charge in [0.25, 0.3) is 11.5 Å². The number of carbonyl (C=O) groups is 1. The maximum absolute atomic E-state index is 13.0. The Hall–Kier alpha value is -2.62. The molecule has 1 aromatic heterocycles. The Labute approximate surface area is 155 Å². The summed E-state index contributed by atoms with van der Waals surface area (Å²) in [5.74, 6) is -0.645. The summed E-state index contributed by atoms with van der Waals surface area (Å²) in [5.41, 5.74) is -0.0961. The fourth-order valence-electron chi connectivity index (χ4n) is 2.85. The minimum atomic E-state index is -0.612. The van der Waals surface area contributed by atoms with Gasteiger partial charge in [0.05, 0.1) is 31.4 Å². The molecule has 9 heteroatoms. The number of hydrogen-bond donors (Lipinski definition) is 3. The van der Waals surface area contributed by atoms with Crippen LogP contribution in [0.1, 0.15) is 33.5 Å². The molecule has 144 valence electrons. The highest BCUT2D eigenvalue weighted by Gasteiger charge is 2.26. The van der Waals surface area contributed by atoms with Gasteiger partial charge in [-0.05, 0) is 24.7 Å². The molecular formula is C18H21FN4O4. The number of hydrogen-bond acceptors (Lipinski definition) is 6. The van der Waals surface area contributed by atoms with Gasteiger partial charge in [0.2, 0.25) is 0 Å². The first-order valence-electron chi connectivity index (χ1n) is 8.54. The van der Waals surface area contributed by atoms with Gasteiger partial charge >= 0.3 is 0 Å². The molecule has 3 N–H and O–H groups in total. The molecule has 0 saturated carbocycles. The molecule has 0 spiro atoms. The Balaban J connectivity index is 1.84. The maximum Gasteiger partial charge on any atom is 0.270 e. The third-order valence-electron chi connectivity index (χ3n) is 4.49. The first-order valence-corrected chi connectivity index (χ1v) is 8.54. The van der Waals surface area contributed by atoms with Crippen LogP contribution in [0.15, 0.2) is 29.1 Å². The van der Waals surface area contributed by atoms with Crippen LogP contribution in [0.4, 0.5) is 4.39 Å². The summed E-state index contributed by atoms with van der Waals surface area (Å²) < 4.78 is 18.4. The highest BCUT2D eigenvalue weighted by molar-refractivity contribution is 5.93. The Morgan fingerprint density at radius 1 is 1.44 bits per heavy atom. The standard InChI is InChI=1S/C18H21FN4O4/c1-23-6-7-27-10-14(23)16-21-15(13(9-24)17(25)22-16)18(26)20-8-11-2-4-12(19)5-3-11/h2-5,14,24H,6-10H2,1H3,(H,20,26)(H,21,22,25). The predicted molar refractivity (Wildman–Crippen MR) is 94.5 cm³/mol. The third-order valence-corrected chi connectivity index (χ3v) is 4.49. The molecular weight excluding hydrogens is 355 g/mol. The molecule has 1 aromatic carbocycles. The molecule has 8 nitrogen and oxygen atoms in total. The molecule has 0 radical (unpaired) electrons. The van der Waals surface area contributed by atoms with E-state index >= 15 is 0 Å². The Kier molecular flexibility index (Phi) is 5.94. The van der Waals surface area contributed by atoms with E-state index in [1.165, 1.54) is 12.1 Å². The van der Waals surface area contributed by atoms with Crippen molar-refractivity contribution >= 4 is 5.91 Å². The van der Waals surface area contributed by atoms with Crippen LogP contribution in [-0.2, 0) is 17.9 Å². The fraction of sp³-hybridized carbons (Fsp3) is 0.389. The lowest BCUT2D eigenvalue weighted by Gasteiger charge is -2.31. The summed E-state index contributed by atoms with van der Waals surface area (Å²) in [4.78, 5) is 33.8. The monoisotopic (exact) mass is 376 g/mol. The molecule has 2 heterocycles. The number of halogens is 1. The number of aliphatic hydroxyl groups is 1. The van der Waals surface area contributed by atoms with Gasteiger partial charge in [-0.3, -0.25) is 14.5 Å². The number of aromatic amines is 1. The number of rotatable bonds is 5. The average molecular weight is 376 g/mol. The number of carbonyl (C=O) groups excluding carboxylic acids is 1. The molecule has 1 aliphatic heterocycles. The minimum absolute atomic E-state index is 0.102. The molecule has 1 amide bonds. The van der Waals surface area contributed by atoms with E-state index in [1.807, 2.05) is 11.9 Å². The van der Waals surface area contributed by atoms with E-state index in [-0.39, 0.29) is 29.7 Å². The van der Waals surface area contributed by atoms with Crippen molar-refractivity contribution in [1.82, 2.24) is 20.2 Å². The van der Waals surface area contributed by atoms with Gasteiger partial charge in [-0.1, -0.05) is 12.1 Å². The van der Waals surface area contributed by atoms with E-state index in [1.54, 1.807) is 12.1 Å². The quantitative estimate of drug-likeness (QED) is 0.694. The van der Waals surface area contributed by atoms with E-state index < -0.39 is 18.1 Å². The Bertz CT molecular complexity index is 869. The summed E-state index contributed by atoms with van der Waals surface area (Å²) in [6.45, 7) is 1.12. The Morgan fingerprint density at radius 2 is 2.19 bits per heavy atom. The predicted octanol–water partition coefficient (Wildman–Crippen LogP) is 0.334. The van der Waals surface area contributed by atoms with Crippen LogP contribution in [0, 0.1) is 5.82 Å². The zero-order valence-electron chi connectivity index (χ0n) is 14.9. The molecule has 1 fully saturated rings. The number of nitrogens with one attached hydrogen (secondary N) is 2. The van der Waals surface area contributed by atoms with E-state index in [2.05, 4.69) is 15.3 Å². The van der Waals surface area contributed by atoms with Crippen LogP contribution in [0.25, 0.3) is 0 Å². The second kappa shape index (κ2) is 8.38. The third kappa shape index (κ3) is 4.38. The van der Waals surface area contributed by atoms with E-state index in [0.29, 0.717) is 31.1 Å². The molecule has 1 unspecified atom stereocenters. The summed E-state index contributed by atoms with van der Waals surface area (Å²) in [6, 6.07) is 5.40. The zero-order valence-corrected chi connectivity index (χ0v) is 14.9. The Morgan fingerprint density at radius 3 is 2.85 bits per heavy atom. The van der Waals surface area contributed by atoms with Gasteiger partial charge in [0.15, 0.2) is 0 Å². The first kappa shape index (κ1) is 19.2. The van der Waals surface area contributed by atoms with Crippen LogP contribution in [0.5, 0.6) is 0 Å². The van der Waals surface area contributed by atoms with Crippen LogP contribution in [0.3, 0.4) is 0 Å². The molecule has 0 aliphatic carbocycles. The normalized spacial score (nSPS) is 17.7. The van der Waals surface area contributed by atoms with Crippen molar-refractivity contribution in [1.29, 1.82) is 0 Å². The van der Waals surface area contributed by atoms with E-state index in [4.69, 9.17) is 4.74 Å². The van der Waals surface area contributed by atoms with Gasteiger partial charge in [0.1, 0.15) is 17.3 Å². The highest BCUT2D eigenvalue weighted by Crippen LogP contribution is 2.19. The second-order valence-corrected chi connectivity index (χ2v) is 6.32. The van der Waals surface area contributed by atoms with Crippen molar-refractivity contribution in [2.24, 2.45) is 0 Å². The number of aliphatic hydroxyl groups excluding tert-OH is 1. The lowest BCUT2D eigenvalue weighted by atomic mass is 10.1. The number of likely N-dealkylation sites (N-methyl/N-ethyl adjacent to an activating group) is 1. The van der Waals surface area contributed by atoms with Crippen LogP contribution < -0.4 is 10.9 Å². The van der Waals surface area contributed by atoms with Crippen molar-refractivity contribution in [3.63, 3.8) is 0 Å². The van der Waals surface area contributed by atoms with Crippen LogP contribution >= 0.6 is 0 Å². The fourth-order valence-corrected chi connectivity index (χ4v) is 2.85. The number of ether oxygens (including phenoxy) is 1. The SMILES string of the molecule is CN1CCOCC1c1nc(C(=O)NCc2ccc(F)cc2)c(CO)c(=O)[nH]1. The molecule has 27 heavy (non-hydrogen) atoms. The zero-order chi connectivity index (χ0) is 19.4. The number of aromatic nitrogens is 2. The first-order chi connectivity index (χ1) is 13.0. The van der Waals surface area contributed by atoms with Crippen molar-refractivity contribution in [3.8, 4) is 0 Å². The van der Waals surface area contributed by atoms with E-state index in [9.17, 15) is 19.1 Å². The molecule has 0 bridgehead atoms. The topological polar surface area (TPSA) is 108 Å².